The van der Waals surface area contributed by atoms with Crippen molar-refractivity contribution in [3.8, 4) is 11.6 Å². The molecule has 34 heavy (non-hydrogen) atoms. The van der Waals surface area contributed by atoms with E-state index in [9.17, 15) is 0 Å². The smallest absolute Gasteiger partial charge is 0.418 e. The normalized spacial score (nSPS) is 12.5. The van der Waals surface area contributed by atoms with Crippen molar-refractivity contribution in [1.29, 1.82) is 0 Å². The second kappa shape index (κ2) is 9.22. The number of imidazole rings is 2. The van der Waals surface area contributed by atoms with Crippen LogP contribution in [-0.4, -0.2) is 29.1 Å². The Balaban J connectivity index is 0.00000324. The van der Waals surface area contributed by atoms with Crippen LogP contribution in [0, 0.1) is 12.7 Å². The van der Waals surface area contributed by atoms with Gasteiger partial charge < -0.3 is 19.1 Å². The maximum absolute atomic E-state index is 4.95. The summed E-state index contributed by atoms with van der Waals surface area (Å²) >= 11 is 0. The van der Waals surface area contributed by atoms with Crippen LogP contribution in [0.4, 0.5) is 0 Å². The Morgan fingerprint density at radius 3 is 1.29 bits per heavy atom. The summed E-state index contributed by atoms with van der Waals surface area (Å²) in [5.41, 5.74) is 3.32. The molecular weight excluding hydrogens is 603 g/mol. The Bertz CT molecular complexity index is 1170. The number of rotatable bonds is 4. The largest absolute Gasteiger partial charge is 2.00 e. The summed E-state index contributed by atoms with van der Waals surface area (Å²) < 4.78 is 3.72. The third kappa shape index (κ3) is 5.22. The van der Waals surface area contributed by atoms with Crippen LogP contribution in [0.25, 0.3) is 11.6 Å². The molecule has 0 saturated carbocycles. The van der Waals surface area contributed by atoms with Crippen LogP contribution in [0.2, 0.25) is 0 Å². The molecule has 0 fully saturated rings. The molecule has 0 atom stereocenters. The summed E-state index contributed by atoms with van der Waals surface area (Å²) in [7, 11) is 0. The molecule has 4 rings (SSSR count). The van der Waals surface area contributed by atoms with Crippen molar-refractivity contribution >= 4 is 0 Å². The second-order valence-corrected chi connectivity index (χ2v) is 11.1. The molecule has 0 aliphatic heterocycles. The molecule has 0 aromatic carbocycles. The zero-order chi connectivity index (χ0) is 24.0. The molecule has 0 spiro atoms. The van der Waals surface area contributed by atoms with Gasteiger partial charge in [-0.15, -0.1) is 0 Å². The zero-order valence-corrected chi connectivity index (χ0v) is 23.4. The summed E-state index contributed by atoms with van der Waals surface area (Å²) in [5.74, 6) is 1.58. The van der Waals surface area contributed by atoms with E-state index in [0.29, 0.717) is 0 Å². The van der Waals surface area contributed by atoms with Crippen LogP contribution in [0.3, 0.4) is 0 Å². The van der Waals surface area contributed by atoms with E-state index in [4.69, 9.17) is 9.97 Å². The van der Waals surface area contributed by atoms with Crippen molar-refractivity contribution < 1.29 is 21.1 Å². The van der Waals surface area contributed by atoms with Crippen LogP contribution in [0.1, 0.15) is 78.2 Å². The van der Waals surface area contributed by atoms with Gasteiger partial charge in [0.05, 0.1) is 11.6 Å². The number of nitrogens with zero attached hydrogens (tertiary/aromatic N) is 6. The first kappa shape index (κ1) is 26.0. The quantitative estimate of drug-likeness (QED) is 0.283. The number of hydrogen-bond donors (Lipinski definition) is 0. The number of hydrogen-bond acceptors (Lipinski definition) is 4. The minimum absolute atomic E-state index is 0. The SMILES string of the molecule is CC(C)(C)c1cn(-c2cccc(C(C)(C)c3cccc(-n4[c-]nc(C(C)(C)C)c4)n3)n2)[c-]n1.[Pt+2]. The van der Waals surface area contributed by atoms with E-state index < -0.39 is 5.41 Å². The summed E-state index contributed by atoms with van der Waals surface area (Å²) in [5, 5.41) is 0. The van der Waals surface area contributed by atoms with Crippen molar-refractivity contribution in [2.45, 2.75) is 71.6 Å². The summed E-state index contributed by atoms with van der Waals surface area (Å²) in [6, 6.07) is 12.1. The van der Waals surface area contributed by atoms with Crippen LogP contribution < -0.4 is 0 Å². The fourth-order valence-corrected chi connectivity index (χ4v) is 3.48. The first-order valence-corrected chi connectivity index (χ1v) is 11.3. The molecule has 4 heterocycles. The van der Waals surface area contributed by atoms with Crippen molar-refractivity contribution in [2.24, 2.45) is 0 Å². The van der Waals surface area contributed by atoms with Crippen molar-refractivity contribution in [2.75, 3.05) is 0 Å². The molecule has 0 aliphatic carbocycles. The maximum atomic E-state index is 4.95. The van der Waals surface area contributed by atoms with Gasteiger partial charge in [0.1, 0.15) is 0 Å². The van der Waals surface area contributed by atoms with Crippen molar-refractivity contribution in [3.63, 3.8) is 0 Å². The van der Waals surface area contributed by atoms with Gasteiger partial charge in [-0.2, -0.15) is 0 Å². The van der Waals surface area contributed by atoms with E-state index in [0.717, 1.165) is 34.4 Å². The van der Waals surface area contributed by atoms with Gasteiger partial charge in [0.15, 0.2) is 0 Å². The Morgan fingerprint density at radius 2 is 0.971 bits per heavy atom. The molecule has 0 saturated heterocycles. The molecule has 4 aromatic heterocycles. The molecule has 0 aliphatic rings. The molecule has 0 N–H and O–H groups in total. The van der Waals surface area contributed by atoms with E-state index >= 15 is 0 Å². The Kier molecular flexibility index (Phi) is 7.06. The van der Waals surface area contributed by atoms with E-state index in [-0.39, 0.29) is 31.9 Å². The van der Waals surface area contributed by atoms with E-state index in [1.807, 2.05) is 57.9 Å². The Hall–Kier alpha value is -2.59. The molecule has 0 unspecified atom stereocenters. The van der Waals surface area contributed by atoms with E-state index in [1.54, 1.807) is 0 Å². The van der Waals surface area contributed by atoms with Gasteiger partial charge in [-0.25, -0.2) is 0 Å². The van der Waals surface area contributed by atoms with Gasteiger partial charge in [-0.1, -0.05) is 89.6 Å². The second-order valence-electron chi connectivity index (χ2n) is 11.1. The molecule has 7 heteroatoms. The van der Waals surface area contributed by atoms with Gasteiger partial charge in [-0.3, -0.25) is 9.97 Å². The molecule has 0 radical (unpaired) electrons. The third-order valence-corrected chi connectivity index (χ3v) is 5.84. The van der Waals surface area contributed by atoms with Gasteiger partial charge in [0, 0.05) is 29.5 Å². The zero-order valence-electron chi connectivity index (χ0n) is 21.1. The standard InChI is InChI=1S/C27H32N6.Pt/c1-25(2,3)21-15-32(17-28-21)23-13-9-11-19(30-23)27(7,8)20-12-10-14-24(31-20)33-16-22(29-18-33)26(4,5)6;/h9-16H,1-8H3;/q-2;+2. The minimum Gasteiger partial charge on any atom is -0.418 e. The Morgan fingerprint density at radius 1 is 0.588 bits per heavy atom. The fourth-order valence-electron chi connectivity index (χ4n) is 3.48. The van der Waals surface area contributed by atoms with Gasteiger partial charge >= 0.3 is 21.1 Å². The number of aromatic nitrogens is 6. The van der Waals surface area contributed by atoms with Crippen LogP contribution >= 0.6 is 0 Å². The molecule has 6 nitrogen and oxygen atoms in total. The third-order valence-electron chi connectivity index (χ3n) is 5.84. The minimum atomic E-state index is -0.410. The average Bonchev–Trinajstić information content (AvgIpc) is 3.44. The van der Waals surface area contributed by atoms with E-state index in [2.05, 4.69) is 78.0 Å². The monoisotopic (exact) mass is 635 g/mol. The Labute approximate surface area is 217 Å². The fraction of sp³-hybridized carbons (Fsp3) is 0.407. The predicted molar refractivity (Wildman–Crippen MR) is 130 cm³/mol. The average molecular weight is 636 g/mol. The molecule has 180 valence electrons. The molecule has 0 bridgehead atoms. The molecular formula is C27H32N6Pt. The molecule has 4 aromatic rings. The van der Waals surface area contributed by atoms with Crippen LogP contribution in [0.15, 0.2) is 48.8 Å². The van der Waals surface area contributed by atoms with Gasteiger partial charge in [0.2, 0.25) is 0 Å². The van der Waals surface area contributed by atoms with Crippen molar-refractivity contribution in [3.05, 3.63) is 84.2 Å². The predicted octanol–water partition coefficient (Wildman–Crippen LogP) is 5.37. The van der Waals surface area contributed by atoms with Crippen LogP contribution in [-0.2, 0) is 37.3 Å². The molecule has 0 amide bonds. The summed E-state index contributed by atoms with van der Waals surface area (Å²) in [4.78, 5) is 18.8. The van der Waals surface area contributed by atoms with Gasteiger partial charge in [0.25, 0.3) is 0 Å². The first-order valence-electron chi connectivity index (χ1n) is 11.3. The maximum Gasteiger partial charge on any atom is 2.00 e. The summed E-state index contributed by atoms with van der Waals surface area (Å²) in [6.45, 7) is 17.1. The van der Waals surface area contributed by atoms with Crippen LogP contribution in [0.5, 0.6) is 0 Å². The first-order chi connectivity index (χ1) is 15.4. The van der Waals surface area contributed by atoms with E-state index in [1.165, 1.54) is 0 Å². The van der Waals surface area contributed by atoms with Gasteiger partial charge in [-0.05, 0) is 36.8 Å². The summed E-state index contributed by atoms with van der Waals surface area (Å²) in [6.07, 6.45) is 10.1. The number of pyridine rings is 2. The topological polar surface area (TPSA) is 61.4 Å². The van der Waals surface area contributed by atoms with Crippen molar-refractivity contribution in [1.82, 2.24) is 29.1 Å².